The first kappa shape index (κ1) is 18.6. The molecular formula is C17H21IN2O2. The number of benzene rings is 1. The summed E-state index contributed by atoms with van der Waals surface area (Å²) in [7, 11) is 0. The number of nitrogens with zero attached hydrogens (tertiary/aromatic N) is 2. The zero-order valence-corrected chi connectivity index (χ0v) is 15.8. The van der Waals surface area contributed by atoms with E-state index in [-0.39, 0.29) is 23.7 Å². The van der Waals surface area contributed by atoms with Crippen LogP contribution in [0.5, 0.6) is 0 Å². The van der Waals surface area contributed by atoms with Crippen molar-refractivity contribution in [3.05, 3.63) is 32.4 Å². The van der Waals surface area contributed by atoms with Crippen molar-refractivity contribution in [2.24, 2.45) is 11.8 Å². The van der Waals surface area contributed by atoms with E-state index < -0.39 is 0 Å². The molecule has 0 saturated heterocycles. The Hall–Kier alpha value is -1.42. The van der Waals surface area contributed by atoms with E-state index >= 15 is 0 Å². The topological polar surface area (TPSA) is 61.2 Å². The van der Waals surface area contributed by atoms with E-state index in [1.807, 2.05) is 43.4 Å². The van der Waals surface area contributed by atoms with Crippen LogP contribution in [-0.2, 0) is 4.79 Å². The van der Waals surface area contributed by atoms with Gasteiger partial charge in [0, 0.05) is 16.0 Å². The molecule has 0 aliphatic heterocycles. The summed E-state index contributed by atoms with van der Waals surface area (Å²) in [5.41, 5.74) is 1.72. The number of nitriles is 1. The Bertz CT molecular complexity index is 630. The molecule has 0 aliphatic rings. The lowest BCUT2D eigenvalue weighted by molar-refractivity contribution is -0.132. The van der Waals surface area contributed by atoms with Crippen LogP contribution < -0.4 is 0 Å². The van der Waals surface area contributed by atoms with Crippen LogP contribution in [0.25, 0.3) is 0 Å². The Balaban J connectivity index is 3.34. The largest absolute Gasteiger partial charge is 0.278 e. The molecule has 1 rings (SSSR count). The van der Waals surface area contributed by atoms with E-state index in [1.54, 1.807) is 26.0 Å². The summed E-state index contributed by atoms with van der Waals surface area (Å²) in [6.07, 6.45) is 0. The number of rotatable bonds is 4. The standard InChI is InChI=1S/C17H21IN2O2/c1-10(2)9-20(16(21)11(3)4)17(22)14-7-12(5)6-13(8-19)15(14)18/h6-7,10-11H,9H2,1-5H3. The number of amides is 2. The van der Waals surface area contributed by atoms with Gasteiger partial charge >= 0.3 is 0 Å². The maximum absolute atomic E-state index is 12.9. The maximum Gasteiger partial charge on any atom is 0.261 e. The second-order valence-corrected chi connectivity index (χ2v) is 7.17. The van der Waals surface area contributed by atoms with Crippen molar-refractivity contribution >= 4 is 34.4 Å². The minimum atomic E-state index is -0.322. The first-order valence-corrected chi connectivity index (χ1v) is 8.32. The first-order valence-electron chi connectivity index (χ1n) is 7.25. The molecule has 0 atom stereocenters. The number of carbonyl (C=O) groups excluding carboxylic acids is 2. The van der Waals surface area contributed by atoms with E-state index in [4.69, 9.17) is 0 Å². The highest BCUT2D eigenvalue weighted by Crippen LogP contribution is 2.22. The van der Waals surface area contributed by atoms with Gasteiger partial charge in [0.05, 0.1) is 11.1 Å². The van der Waals surface area contributed by atoms with Crippen molar-refractivity contribution in [3.8, 4) is 6.07 Å². The molecule has 4 nitrogen and oxygen atoms in total. The van der Waals surface area contributed by atoms with Gasteiger partial charge in [-0.15, -0.1) is 0 Å². The summed E-state index contributed by atoms with van der Waals surface area (Å²) < 4.78 is 0.598. The average molecular weight is 412 g/mol. The van der Waals surface area contributed by atoms with Crippen LogP contribution in [0.2, 0.25) is 0 Å². The number of halogens is 1. The van der Waals surface area contributed by atoms with Gasteiger partial charge in [-0.25, -0.2) is 0 Å². The van der Waals surface area contributed by atoms with Gasteiger partial charge < -0.3 is 0 Å². The SMILES string of the molecule is Cc1cc(C#N)c(I)c(C(=O)N(CC(C)C)C(=O)C(C)C)c1. The normalized spacial score (nSPS) is 10.7. The molecule has 0 fully saturated rings. The minimum absolute atomic E-state index is 0.185. The molecule has 0 aliphatic carbocycles. The van der Waals surface area contributed by atoms with E-state index in [2.05, 4.69) is 6.07 Å². The molecule has 118 valence electrons. The smallest absolute Gasteiger partial charge is 0.261 e. The maximum atomic E-state index is 12.9. The molecule has 1 aromatic carbocycles. The monoisotopic (exact) mass is 412 g/mol. The zero-order valence-electron chi connectivity index (χ0n) is 13.6. The molecule has 0 unspecified atom stereocenters. The van der Waals surface area contributed by atoms with Crippen molar-refractivity contribution in [2.75, 3.05) is 6.54 Å². The molecule has 2 amide bonds. The highest BCUT2D eigenvalue weighted by Gasteiger charge is 2.27. The number of carbonyl (C=O) groups is 2. The van der Waals surface area contributed by atoms with E-state index in [9.17, 15) is 14.9 Å². The van der Waals surface area contributed by atoms with Crippen LogP contribution in [-0.4, -0.2) is 23.3 Å². The number of hydrogen-bond donors (Lipinski definition) is 0. The van der Waals surface area contributed by atoms with E-state index in [0.29, 0.717) is 21.2 Å². The Labute approximate surface area is 145 Å². The van der Waals surface area contributed by atoms with Gasteiger partial charge in [0.1, 0.15) is 6.07 Å². The van der Waals surface area contributed by atoms with E-state index in [0.717, 1.165) is 5.56 Å². The molecule has 0 saturated carbocycles. The second-order valence-electron chi connectivity index (χ2n) is 6.09. The summed E-state index contributed by atoms with van der Waals surface area (Å²) in [5.74, 6) is -0.573. The fraction of sp³-hybridized carbons (Fsp3) is 0.471. The molecule has 22 heavy (non-hydrogen) atoms. The van der Waals surface area contributed by atoms with Gasteiger partial charge in [-0.2, -0.15) is 5.26 Å². The van der Waals surface area contributed by atoms with Crippen LogP contribution in [0.1, 0.15) is 49.2 Å². The molecule has 0 radical (unpaired) electrons. The molecule has 5 heteroatoms. The Morgan fingerprint density at radius 2 is 1.86 bits per heavy atom. The van der Waals surface area contributed by atoms with Gasteiger partial charge in [0.25, 0.3) is 5.91 Å². The zero-order chi connectivity index (χ0) is 17.0. The second kappa shape index (κ2) is 7.73. The fourth-order valence-electron chi connectivity index (χ4n) is 2.10. The van der Waals surface area contributed by atoms with Crippen molar-refractivity contribution in [2.45, 2.75) is 34.6 Å². The number of hydrogen-bond acceptors (Lipinski definition) is 3. The lowest BCUT2D eigenvalue weighted by Crippen LogP contribution is -2.42. The lowest BCUT2D eigenvalue weighted by atomic mass is 10.0. The first-order chi connectivity index (χ1) is 10.2. The molecule has 0 spiro atoms. The van der Waals surface area contributed by atoms with Gasteiger partial charge in [-0.05, 0) is 53.1 Å². The predicted octanol–water partition coefficient (Wildman–Crippen LogP) is 3.75. The summed E-state index contributed by atoms with van der Waals surface area (Å²) in [6, 6.07) is 5.59. The highest BCUT2D eigenvalue weighted by atomic mass is 127. The molecule has 0 heterocycles. The third-order valence-corrected chi connectivity index (χ3v) is 4.28. The molecular weight excluding hydrogens is 391 g/mol. The molecule has 0 N–H and O–H groups in total. The molecule has 1 aromatic rings. The van der Waals surface area contributed by atoms with Crippen molar-refractivity contribution in [3.63, 3.8) is 0 Å². The Kier molecular flexibility index (Phi) is 6.54. The highest BCUT2D eigenvalue weighted by molar-refractivity contribution is 14.1. The average Bonchev–Trinajstić information content (AvgIpc) is 2.44. The Morgan fingerprint density at radius 3 is 2.32 bits per heavy atom. The van der Waals surface area contributed by atoms with Crippen LogP contribution in [0.3, 0.4) is 0 Å². The third-order valence-electron chi connectivity index (χ3n) is 3.12. The third kappa shape index (κ3) is 4.29. The summed E-state index contributed by atoms with van der Waals surface area (Å²) >= 11 is 2.00. The van der Waals surface area contributed by atoms with Crippen LogP contribution >= 0.6 is 22.6 Å². The quantitative estimate of drug-likeness (QED) is 0.708. The number of aryl methyl sites for hydroxylation is 1. The summed E-state index contributed by atoms with van der Waals surface area (Å²) in [4.78, 5) is 26.6. The van der Waals surface area contributed by atoms with Gasteiger partial charge in [-0.3, -0.25) is 14.5 Å². The fourth-order valence-corrected chi connectivity index (χ4v) is 2.76. The predicted molar refractivity (Wildman–Crippen MR) is 94.3 cm³/mol. The van der Waals surface area contributed by atoms with Crippen LogP contribution in [0, 0.1) is 33.7 Å². The molecule has 0 bridgehead atoms. The van der Waals surface area contributed by atoms with Gasteiger partial charge in [0.15, 0.2) is 0 Å². The van der Waals surface area contributed by atoms with Crippen molar-refractivity contribution in [1.29, 1.82) is 5.26 Å². The van der Waals surface area contributed by atoms with Crippen LogP contribution in [0.15, 0.2) is 12.1 Å². The lowest BCUT2D eigenvalue weighted by Gasteiger charge is -2.25. The van der Waals surface area contributed by atoms with Crippen LogP contribution in [0.4, 0.5) is 0 Å². The van der Waals surface area contributed by atoms with Gasteiger partial charge in [-0.1, -0.05) is 27.7 Å². The number of imide groups is 1. The minimum Gasteiger partial charge on any atom is -0.278 e. The summed E-state index contributed by atoms with van der Waals surface area (Å²) in [5, 5.41) is 9.18. The van der Waals surface area contributed by atoms with Crippen molar-refractivity contribution in [1.82, 2.24) is 4.90 Å². The molecule has 0 aromatic heterocycles. The van der Waals surface area contributed by atoms with Gasteiger partial charge in [0.2, 0.25) is 5.91 Å². The van der Waals surface area contributed by atoms with Crippen molar-refractivity contribution < 1.29 is 9.59 Å². The Morgan fingerprint density at radius 1 is 1.27 bits per heavy atom. The van der Waals surface area contributed by atoms with E-state index in [1.165, 1.54) is 4.90 Å². The summed E-state index contributed by atoms with van der Waals surface area (Å²) in [6.45, 7) is 9.72.